The summed E-state index contributed by atoms with van der Waals surface area (Å²) in [5.74, 6) is 0. The molecule has 3 nitrogen and oxygen atoms in total. The molecule has 0 aliphatic rings. The molecule has 0 N–H and O–H groups in total. The van der Waals surface area contributed by atoms with Gasteiger partial charge in [-0.25, -0.2) is 9.97 Å². The van der Waals surface area contributed by atoms with Crippen LogP contribution < -0.4 is 0 Å². The molecule has 0 aliphatic heterocycles. The lowest BCUT2D eigenvalue weighted by Crippen LogP contribution is -1.87. The maximum absolute atomic E-state index is 4.63. The summed E-state index contributed by atoms with van der Waals surface area (Å²) in [5.41, 5.74) is 3.05. The number of nitrogens with zero attached hydrogens (tertiary/aromatic N) is 3. The van der Waals surface area contributed by atoms with Crippen molar-refractivity contribution in [1.29, 1.82) is 0 Å². The lowest BCUT2D eigenvalue weighted by atomic mass is 10.3. The molecule has 0 fully saturated rings. The van der Waals surface area contributed by atoms with Gasteiger partial charge in [-0.3, -0.25) is 0 Å². The summed E-state index contributed by atoms with van der Waals surface area (Å²) in [6.45, 7) is 0. The minimum Gasteiger partial charge on any atom is -0.306 e. The van der Waals surface area contributed by atoms with Crippen molar-refractivity contribution < 1.29 is 0 Å². The SMILES string of the molecule is c1ccc(-n2cnc(-c3nc4ccccc4s3)c2)cc1. The zero-order chi connectivity index (χ0) is 13.4. The van der Waals surface area contributed by atoms with Gasteiger partial charge in [0, 0.05) is 11.9 Å². The Kier molecular flexibility index (Phi) is 2.60. The monoisotopic (exact) mass is 277 g/mol. The number of thiazole rings is 1. The van der Waals surface area contributed by atoms with E-state index in [2.05, 4.69) is 28.2 Å². The molecule has 4 aromatic rings. The van der Waals surface area contributed by atoms with Crippen LogP contribution in [0.2, 0.25) is 0 Å². The molecule has 2 aromatic carbocycles. The van der Waals surface area contributed by atoms with Crippen LogP contribution in [0.4, 0.5) is 0 Å². The zero-order valence-corrected chi connectivity index (χ0v) is 11.4. The zero-order valence-electron chi connectivity index (χ0n) is 10.6. The highest BCUT2D eigenvalue weighted by Gasteiger charge is 2.09. The van der Waals surface area contributed by atoms with E-state index in [1.807, 2.05) is 53.5 Å². The molecule has 0 saturated heterocycles. The molecule has 4 heteroatoms. The smallest absolute Gasteiger partial charge is 0.144 e. The number of rotatable bonds is 2. The molecule has 0 radical (unpaired) electrons. The van der Waals surface area contributed by atoms with Crippen LogP contribution in [0.25, 0.3) is 26.6 Å². The topological polar surface area (TPSA) is 30.7 Å². The number of imidazole rings is 1. The van der Waals surface area contributed by atoms with Crippen molar-refractivity contribution >= 4 is 21.6 Å². The number of hydrogen-bond acceptors (Lipinski definition) is 3. The predicted octanol–water partition coefficient (Wildman–Crippen LogP) is 4.15. The van der Waals surface area contributed by atoms with E-state index < -0.39 is 0 Å². The number of aromatic nitrogens is 3. The average molecular weight is 277 g/mol. The van der Waals surface area contributed by atoms with Crippen LogP contribution in [-0.4, -0.2) is 14.5 Å². The third kappa shape index (κ3) is 1.90. The second-order valence-electron chi connectivity index (χ2n) is 4.49. The van der Waals surface area contributed by atoms with E-state index in [1.165, 1.54) is 4.70 Å². The van der Waals surface area contributed by atoms with Gasteiger partial charge in [-0.05, 0) is 24.3 Å². The van der Waals surface area contributed by atoms with Gasteiger partial charge in [0.2, 0.25) is 0 Å². The van der Waals surface area contributed by atoms with Crippen LogP contribution >= 0.6 is 11.3 Å². The lowest BCUT2D eigenvalue weighted by molar-refractivity contribution is 1.06. The normalized spacial score (nSPS) is 11.0. The summed E-state index contributed by atoms with van der Waals surface area (Å²) in [6.07, 6.45) is 3.85. The third-order valence-corrected chi connectivity index (χ3v) is 4.21. The second-order valence-corrected chi connectivity index (χ2v) is 5.52. The molecule has 0 bridgehead atoms. The van der Waals surface area contributed by atoms with E-state index in [0.717, 1.165) is 21.9 Å². The Labute approximate surface area is 120 Å². The fourth-order valence-corrected chi connectivity index (χ4v) is 3.08. The van der Waals surface area contributed by atoms with E-state index >= 15 is 0 Å². The largest absolute Gasteiger partial charge is 0.306 e. The van der Waals surface area contributed by atoms with E-state index in [4.69, 9.17) is 0 Å². The van der Waals surface area contributed by atoms with Crippen LogP contribution in [0, 0.1) is 0 Å². The Morgan fingerprint density at radius 3 is 2.55 bits per heavy atom. The van der Waals surface area contributed by atoms with Crippen LogP contribution in [0.3, 0.4) is 0 Å². The van der Waals surface area contributed by atoms with Crippen molar-refractivity contribution in [2.24, 2.45) is 0 Å². The molecular formula is C16H11N3S. The summed E-state index contributed by atoms with van der Waals surface area (Å²) in [6, 6.07) is 18.3. The molecule has 0 aliphatic carbocycles. The summed E-state index contributed by atoms with van der Waals surface area (Å²) in [4.78, 5) is 9.10. The van der Waals surface area contributed by atoms with E-state index in [0.29, 0.717) is 0 Å². The summed E-state index contributed by atoms with van der Waals surface area (Å²) >= 11 is 1.67. The summed E-state index contributed by atoms with van der Waals surface area (Å²) in [7, 11) is 0. The summed E-state index contributed by atoms with van der Waals surface area (Å²) in [5, 5.41) is 0.959. The standard InChI is InChI=1S/C16H11N3S/c1-2-6-12(7-3-1)19-10-14(17-11-19)16-18-13-8-4-5-9-15(13)20-16/h1-11H. The highest BCUT2D eigenvalue weighted by molar-refractivity contribution is 7.21. The molecule has 0 spiro atoms. The quantitative estimate of drug-likeness (QED) is 0.551. The van der Waals surface area contributed by atoms with Gasteiger partial charge < -0.3 is 4.57 Å². The fraction of sp³-hybridized carbons (Fsp3) is 0. The van der Waals surface area contributed by atoms with Crippen molar-refractivity contribution in [3.8, 4) is 16.4 Å². The van der Waals surface area contributed by atoms with Crippen molar-refractivity contribution in [3.63, 3.8) is 0 Å². The maximum atomic E-state index is 4.63. The van der Waals surface area contributed by atoms with E-state index in [1.54, 1.807) is 11.3 Å². The Hall–Kier alpha value is -2.46. The molecule has 4 rings (SSSR count). The Morgan fingerprint density at radius 2 is 1.70 bits per heavy atom. The van der Waals surface area contributed by atoms with Crippen LogP contribution in [0.1, 0.15) is 0 Å². The average Bonchev–Trinajstić information content (AvgIpc) is 3.14. The first-order chi connectivity index (χ1) is 9.90. The van der Waals surface area contributed by atoms with Crippen molar-refractivity contribution in [2.75, 3.05) is 0 Å². The first-order valence-corrected chi connectivity index (χ1v) is 7.17. The fourth-order valence-electron chi connectivity index (χ4n) is 2.16. The van der Waals surface area contributed by atoms with Gasteiger partial charge >= 0.3 is 0 Å². The van der Waals surface area contributed by atoms with E-state index in [-0.39, 0.29) is 0 Å². The van der Waals surface area contributed by atoms with Gasteiger partial charge in [0.25, 0.3) is 0 Å². The lowest BCUT2D eigenvalue weighted by Gasteiger charge is -1.99. The minimum absolute atomic E-state index is 0.912. The predicted molar refractivity (Wildman–Crippen MR) is 82.2 cm³/mol. The second kappa shape index (κ2) is 4.58. The van der Waals surface area contributed by atoms with Crippen molar-refractivity contribution in [1.82, 2.24) is 14.5 Å². The Bertz CT molecular complexity index is 828. The minimum atomic E-state index is 0.912. The first kappa shape index (κ1) is 11.4. The molecule has 96 valence electrons. The van der Waals surface area contributed by atoms with Crippen LogP contribution in [0.15, 0.2) is 67.1 Å². The molecule has 0 amide bonds. The van der Waals surface area contributed by atoms with Crippen LogP contribution in [0.5, 0.6) is 0 Å². The van der Waals surface area contributed by atoms with Crippen LogP contribution in [-0.2, 0) is 0 Å². The number of hydrogen-bond donors (Lipinski definition) is 0. The summed E-state index contributed by atoms with van der Waals surface area (Å²) < 4.78 is 3.21. The number of fused-ring (bicyclic) bond motifs is 1. The molecule has 2 heterocycles. The molecule has 2 aromatic heterocycles. The van der Waals surface area contributed by atoms with Crippen molar-refractivity contribution in [3.05, 3.63) is 67.1 Å². The maximum Gasteiger partial charge on any atom is 0.144 e. The van der Waals surface area contributed by atoms with Gasteiger partial charge in [0.1, 0.15) is 17.0 Å². The first-order valence-electron chi connectivity index (χ1n) is 6.35. The van der Waals surface area contributed by atoms with E-state index in [9.17, 15) is 0 Å². The van der Waals surface area contributed by atoms with Gasteiger partial charge in [-0.15, -0.1) is 11.3 Å². The third-order valence-electron chi connectivity index (χ3n) is 3.15. The molecular weight excluding hydrogens is 266 g/mol. The van der Waals surface area contributed by atoms with Gasteiger partial charge in [0.15, 0.2) is 0 Å². The molecule has 20 heavy (non-hydrogen) atoms. The number of para-hydroxylation sites is 2. The molecule has 0 saturated carbocycles. The molecule has 0 atom stereocenters. The highest BCUT2D eigenvalue weighted by Crippen LogP contribution is 2.29. The number of benzene rings is 2. The highest BCUT2D eigenvalue weighted by atomic mass is 32.1. The van der Waals surface area contributed by atoms with Gasteiger partial charge in [-0.1, -0.05) is 30.3 Å². The Balaban J connectivity index is 1.78. The van der Waals surface area contributed by atoms with Gasteiger partial charge in [0.05, 0.1) is 10.2 Å². The van der Waals surface area contributed by atoms with Gasteiger partial charge in [-0.2, -0.15) is 0 Å². The van der Waals surface area contributed by atoms with Crippen molar-refractivity contribution in [2.45, 2.75) is 0 Å². The molecule has 0 unspecified atom stereocenters. The Morgan fingerprint density at radius 1 is 0.900 bits per heavy atom.